The molecule has 3 N–H and O–H groups in total. The number of aliphatic imine (C=N–C) groups is 1. The number of hydrogen-bond donors (Lipinski definition) is 2. The highest BCUT2D eigenvalue weighted by Crippen LogP contribution is 2.29. The standard InChI is InChI=1S/C13H13N3O/c14-13(17)10-7-15-6-5-9-8-3-1-2-4-11(8)16-12(9)10/h1-4,7,10,16H,5-6H2,(H2,14,17). The van der Waals surface area contributed by atoms with Gasteiger partial charge in [0.1, 0.15) is 5.92 Å². The average Bonchev–Trinajstić information content (AvgIpc) is 2.54. The highest BCUT2D eigenvalue weighted by Gasteiger charge is 2.24. The number of fused-ring (bicyclic) bond motifs is 3. The van der Waals surface area contributed by atoms with E-state index in [4.69, 9.17) is 5.73 Å². The van der Waals surface area contributed by atoms with Crippen molar-refractivity contribution in [3.8, 4) is 0 Å². The molecule has 1 aliphatic heterocycles. The lowest BCUT2D eigenvalue weighted by Gasteiger charge is -2.06. The van der Waals surface area contributed by atoms with E-state index in [0.29, 0.717) is 6.54 Å². The van der Waals surface area contributed by atoms with E-state index in [2.05, 4.69) is 16.0 Å². The number of carbonyl (C=O) groups excluding carboxylic acids is 1. The molecule has 0 bridgehead atoms. The first-order valence-corrected chi connectivity index (χ1v) is 5.66. The van der Waals surface area contributed by atoms with Crippen molar-refractivity contribution in [2.45, 2.75) is 12.3 Å². The van der Waals surface area contributed by atoms with Gasteiger partial charge in [0.25, 0.3) is 0 Å². The van der Waals surface area contributed by atoms with Crippen LogP contribution in [0.2, 0.25) is 0 Å². The molecule has 1 amide bonds. The van der Waals surface area contributed by atoms with Crippen molar-refractivity contribution in [3.63, 3.8) is 0 Å². The van der Waals surface area contributed by atoms with Gasteiger partial charge in [0, 0.05) is 29.4 Å². The zero-order valence-corrected chi connectivity index (χ0v) is 9.31. The molecule has 0 spiro atoms. The third-order valence-electron chi connectivity index (χ3n) is 3.21. The Labute approximate surface area is 98.5 Å². The maximum absolute atomic E-state index is 11.5. The van der Waals surface area contributed by atoms with E-state index in [-0.39, 0.29) is 5.91 Å². The van der Waals surface area contributed by atoms with Crippen LogP contribution in [0.4, 0.5) is 0 Å². The fourth-order valence-corrected chi connectivity index (χ4v) is 2.40. The Balaban J connectivity index is 2.27. The molecule has 3 rings (SSSR count). The number of nitrogens with zero attached hydrogens (tertiary/aromatic N) is 1. The summed E-state index contributed by atoms with van der Waals surface area (Å²) in [4.78, 5) is 19.0. The van der Waals surface area contributed by atoms with Gasteiger partial charge in [-0.1, -0.05) is 18.2 Å². The van der Waals surface area contributed by atoms with Gasteiger partial charge in [-0.15, -0.1) is 0 Å². The molecular formula is C13H13N3O. The molecule has 2 heterocycles. The number of primary amides is 1. The number of hydrogen-bond acceptors (Lipinski definition) is 2. The molecule has 4 heteroatoms. The highest BCUT2D eigenvalue weighted by atomic mass is 16.1. The Hall–Kier alpha value is -2.10. The van der Waals surface area contributed by atoms with Gasteiger partial charge in [-0.25, -0.2) is 0 Å². The largest absolute Gasteiger partial charge is 0.369 e. The van der Waals surface area contributed by atoms with E-state index in [9.17, 15) is 4.79 Å². The molecule has 1 aliphatic rings. The molecule has 17 heavy (non-hydrogen) atoms. The topological polar surface area (TPSA) is 71.2 Å². The van der Waals surface area contributed by atoms with Crippen molar-refractivity contribution in [2.24, 2.45) is 10.7 Å². The summed E-state index contributed by atoms with van der Waals surface area (Å²) in [5.74, 6) is -0.789. The van der Waals surface area contributed by atoms with E-state index < -0.39 is 5.92 Å². The first-order chi connectivity index (χ1) is 8.27. The lowest BCUT2D eigenvalue weighted by molar-refractivity contribution is -0.118. The van der Waals surface area contributed by atoms with Gasteiger partial charge in [0.15, 0.2) is 0 Å². The first-order valence-electron chi connectivity index (χ1n) is 5.66. The van der Waals surface area contributed by atoms with Crippen molar-refractivity contribution in [1.82, 2.24) is 4.98 Å². The number of carbonyl (C=O) groups is 1. The lowest BCUT2D eigenvalue weighted by atomic mass is 10.00. The van der Waals surface area contributed by atoms with E-state index in [1.165, 1.54) is 10.9 Å². The van der Waals surface area contributed by atoms with Crippen LogP contribution in [0.25, 0.3) is 10.9 Å². The predicted octanol–water partition coefficient (Wildman–Crippen LogP) is 1.36. The second-order valence-corrected chi connectivity index (χ2v) is 4.25. The van der Waals surface area contributed by atoms with Crippen LogP contribution < -0.4 is 5.73 Å². The van der Waals surface area contributed by atoms with E-state index >= 15 is 0 Å². The molecule has 0 radical (unpaired) electrons. The molecule has 0 fully saturated rings. The molecule has 0 saturated carbocycles. The van der Waals surface area contributed by atoms with Crippen molar-refractivity contribution in [1.29, 1.82) is 0 Å². The summed E-state index contributed by atoms with van der Waals surface area (Å²) in [6, 6.07) is 8.06. The summed E-state index contributed by atoms with van der Waals surface area (Å²) in [7, 11) is 0. The number of nitrogens with two attached hydrogens (primary N) is 1. The average molecular weight is 227 g/mol. The minimum Gasteiger partial charge on any atom is -0.369 e. The highest BCUT2D eigenvalue weighted by molar-refractivity contribution is 6.00. The van der Waals surface area contributed by atoms with Crippen LogP contribution in [0.15, 0.2) is 29.3 Å². The van der Waals surface area contributed by atoms with Crippen LogP contribution in [0.5, 0.6) is 0 Å². The van der Waals surface area contributed by atoms with Gasteiger partial charge in [0.2, 0.25) is 5.91 Å². The zero-order chi connectivity index (χ0) is 11.8. The van der Waals surface area contributed by atoms with Crippen molar-refractivity contribution >= 4 is 23.0 Å². The number of amides is 1. The van der Waals surface area contributed by atoms with Gasteiger partial charge in [0.05, 0.1) is 0 Å². The van der Waals surface area contributed by atoms with Crippen LogP contribution >= 0.6 is 0 Å². The fourth-order valence-electron chi connectivity index (χ4n) is 2.40. The number of nitrogens with one attached hydrogen (secondary N) is 1. The van der Waals surface area contributed by atoms with Crippen LogP contribution in [0, 0.1) is 0 Å². The first kappa shape index (κ1) is 10.1. The van der Waals surface area contributed by atoms with Crippen molar-refractivity contribution < 1.29 is 4.79 Å². The molecule has 1 atom stereocenters. The van der Waals surface area contributed by atoms with Crippen molar-refractivity contribution in [3.05, 3.63) is 35.5 Å². The Morgan fingerprint density at radius 1 is 1.41 bits per heavy atom. The molecule has 1 aromatic heterocycles. The molecule has 0 aliphatic carbocycles. The number of benzene rings is 1. The second-order valence-electron chi connectivity index (χ2n) is 4.25. The summed E-state index contributed by atoms with van der Waals surface area (Å²) in [5.41, 5.74) is 8.55. The summed E-state index contributed by atoms with van der Waals surface area (Å²) in [5, 5.41) is 1.17. The maximum atomic E-state index is 11.5. The molecule has 2 aromatic rings. The normalized spacial score (nSPS) is 18.9. The van der Waals surface area contributed by atoms with E-state index in [1.54, 1.807) is 6.21 Å². The number of para-hydroxylation sites is 1. The number of rotatable bonds is 1. The minimum atomic E-state index is -0.431. The summed E-state index contributed by atoms with van der Waals surface area (Å²) < 4.78 is 0. The van der Waals surface area contributed by atoms with E-state index in [0.717, 1.165) is 17.6 Å². The maximum Gasteiger partial charge on any atom is 0.231 e. The van der Waals surface area contributed by atoms with Crippen LogP contribution in [0.1, 0.15) is 17.2 Å². The van der Waals surface area contributed by atoms with E-state index in [1.807, 2.05) is 18.2 Å². The summed E-state index contributed by atoms with van der Waals surface area (Å²) in [6.45, 7) is 0.707. The molecule has 4 nitrogen and oxygen atoms in total. The molecule has 1 unspecified atom stereocenters. The molecule has 86 valence electrons. The van der Waals surface area contributed by atoms with Gasteiger partial charge < -0.3 is 10.7 Å². The van der Waals surface area contributed by atoms with Gasteiger partial charge in [-0.05, 0) is 18.1 Å². The Kier molecular flexibility index (Phi) is 2.21. The number of H-pyrrole nitrogens is 1. The Morgan fingerprint density at radius 2 is 2.24 bits per heavy atom. The number of aromatic amines is 1. The van der Waals surface area contributed by atoms with Gasteiger partial charge >= 0.3 is 0 Å². The zero-order valence-electron chi connectivity index (χ0n) is 9.31. The Bertz CT molecular complexity index is 612. The second kappa shape index (κ2) is 3.73. The summed E-state index contributed by atoms with van der Waals surface area (Å²) in [6.07, 6.45) is 2.50. The van der Waals surface area contributed by atoms with Crippen LogP contribution in [-0.2, 0) is 11.2 Å². The minimum absolute atomic E-state index is 0.358. The molecule has 1 aromatic carbocycles. The predicted molar refractivity (Wildman–Crippen MR) is 67.3 cm³/mol. The monoisotopic (exact) mass is 227 g/mol. The summed E-state index contributed by atoms with van der Waals surface area (Å²) >= 11 is 0. The fraction of sp³-hybridized carbons (Fsp3) is 0.231. The van der Waals surface area contributed by atoms with Crippen LogP contribution in [-0.4, -0.2) is 23.7 Å². The smallest absolute Gasteiger partial charge is 0.231 e. The van der Waals surface area contributed by atoms with Crippen LogP contribution in [0.3, 0.4) is 0 Å². The Morgan fingerprint density at radius 3 is 3.06 bits per heavy atom. The van der Waals surface area contributed by atoms with Crippen molar-refractivity contribution in [2.75, 3.05) is 6.54 Å². The SMILES string of the molecule is NC(=O)C1C=NCCc2c1[nH]c1ccccc21. The lowest BCUT2D eigenvalue weighted by Crippen LogP contribution is -2.23. The third kappa shape index (κ3) is 1.53. The van der Waals surface area contributed by atoms with Gasteiger partial charge in [-0.2, -0.15) is 0 Å². The third-order valence-corrected chi connectivity index (χ3v) is 3.21. The van der Waals surface area contributed by atoms with Gasteiger partial charge in [-0.3, -0.25) is 9.79 Å². The number of aromatic nitrogens is 1. The quantitative estimate of drug-likeness (QED) is 0.758. The molecule has 0 saturated heterocycles. The molecular weight excluding hydrogens is 214 g/mol.